The van der Waals surface area contributed by atoms with Crippen molar-refractivity contribution in [2.24, 2.45) is 0 Å². The Kier molecular flexibility index (Phi) is 15.9. The Balaban J connectivity index is 3.18. The van der Waals surface area contributed by atoms with E-state index in [1.54, 1.807) is 0 Å². The van der Waals surface area contributed by atoms with Crippen LogP contribution in [0.15, 0.2) is 0 Å². The van der Waals surface area contributed by atoms with E-state index in [2.05, 4.69) is 28.1 Å². The lowest BCUT2D eigenvalue weighted by molar-refractivity contribution is -0.870. The zero-order valence-electron chi connectivity index (χ0n) is 17.4. The highest BCUT2D eigenvalue weighted by molar-refractivity contribution is 5.78. The highest BCUT2D eigenvalue weighted by Crippen LogP contribution is 2.13. The first-order chi connectivity index (χ1) is 11.5. The molecule has 0 bridgehead atoms. The molecule has 0 saturated heterocycles. The van der Waals surface area contributed by atoms with Gasteiger partial charge in [0.05, 0.1) is 27.7 Å². The predicted molar refractivity (Wildman–Crippen MR) is 107 cm³/mol. The summed E-state index contributed by atoms with van der Waals surface area (Å²) in [5, 5.41) is 0. The SMILES string of the molecule is CCCCCCCCCCCCCCCC(=O)CCC[N+](C)(C)C. The van der Waals surface area contributed by atoms with E-state index in [9.17, 15) is 4.79 Å². The number of rotatable bonds is 18. The molecule has 0 unspecified atom stereocenters. The van der Waals surface area contributed by atoms with Gasteiger partial charge in [-0.15, -0.1) is 0 Å². The van der Waals surface area contributed by atoms with E-state index in [1.165, 1.54) is 77.0 Å². The van der Waals surface area contributed by atoms with Gasteiger partial charge in [0.15, 0.2) is 0 Å². The molecular formula is C22H46NO+. The number of nitrogens with zero attached hydrogens (tertiary/aromatic N) is 1. The van der Waals surface area contributed by atoms with Crippen LogP contribution < -0.4 is 0 Å². The summed E-state index contributed by atoms with van der Waals surface area (Å²) in [5.41, 5.74) is 0. The number of unbranched alkanes of at least 4 members (excludes halogenated alkanes) is 12. The van der Waals surface area contributed by atoms with Gasteiger partial charge >= 0.3 is 0 Å². The molecule has 24 heavy (non-hydrogen) atoms. The maximum absolute atomic E-state index is 11.8. The zero-order valence-corrected chi connectivity index (χ0v) is 17.4. The highest BCUT2D eigenvalue weighted by Gasteiger charge is 2.08. The number of carbonyl (C=O) groups excluding carboxylic acids is 1. The Morgan fingerprint density at radius 1 is 0.583 bits per heavy atom. The van der Waals surface area contributed by atoms with Crippen molar-refractivity contribution in [2.45, 2.75) is 110 Å². The van der Waals surface area contributed by atoms with Crippen LogP contribution in [-0.2, 0) is 4.79 Å². The normalized spacial score (nSPS) is 11.8. The molecule has 2 heteroatoms. The van der Waals surface area contributed by atoms with Gasteiger partial charge < -0.3 is 4.48 Å². The van der Waals surface area contributed by atoms with E-state index >= 15 is 0 Å². The number of Topliss-reactive ketones (excluding diaryl/α,β-unsaturated/α-hetero) is 1. The minimum atomic E-state index is 0.478. The van der Waals surface area contributed by atoms with Crippen LogP contribution in [0.25, 0.3) is 0 Å². The van der Waals surface area contributed by atoms with Crippen LogP contribution in [0, 0.1) is 0 Å². The van der Waals surface area contributed by atoms with Crippen LogP contribution in [0.3, 0.4) is 0 Å². The van der Waals surface area contributed by atoms with Gasteiger partial charge in [-0.25, -0.2) is 0 Å². The Bertz CT molecular complexity index is 280. The first kappa shape index (κ1) is 23.6. The molecule has 0 N–H and O–H groups in total. The minimum absolute atomic E-state index is 0.478. The second-order valence-corrected chi connectivity index (χ2v) is 8.65. The summed E-state index contributed by atoms with van der Waals surface area (Å²) in [4.78, 5) is 11.8. The topological polar surface area (TPSA) is 17.1 Å². The molecule has 0 aliphatic rings. The van der Waals surface area contributed by atoms with E-state index in [0.717, 1.165) is 36.7 Å². The quantitative estimate of drug-likeness (QED) is 0.205. The van der Waals surface area contributed by atoms with E-state index in [1.807, 2.05) is 0 Å². The fourth-order valence-corrected chi connectivity index (χ4v) is 3.22. The Morgan fingerprint density at radius 3 is 1.38 bits per heavy atom. The molecule has 0 fully saturated rings. The van der Waals surface area contributed by atoms with Crippen LogP contribution in [0.5, 0.6) is 0 Å². The predicted octanol–water partition coefficient (Wildman–Crippen LogP) is 6.52. The molecule has 0 amide bonds. The summed E-state index contributed by atoms with van der Waals surface area (Å²) in [5.74, 6) is 0.478. The van der Waals surface area contributed by atoms with E-state index < -0.39 is 0 Å². The largest absolute Gasteiger partial charge is 0.331 e. The van der Waals surface area contributed by atoms with Crippen molar-refractivity contribution >= 4 is 5.78 Å². The van der Waals surface area contributed by atoms with Gasteiger partial charge in [-0.3, -0.25) is 4.79 Å². The molecule has 0 saturated carbocycles. The molecule has 0 heterocycles. The maximum Gasteiger partial charge on any atom is 0.133 e. The van der Waals surface area contributed by atoms with Gasteiger partial charge in [0.2, 0.25) is 0 Å². The highest BCUT2D eigenvalue weighted by atomic mass is 16.1. The molecule has 2 nitrogen and oxygen atoms in total. The van der Waals surface area contributed by atoms with Gasteiger partial charge in [0.25, 0.3) is 0 Å². The molecule has 0 atom stereocenters. The maximum atomic E-state index is 11.8. The summed E-state index contributed by atoms with van der Waals surface area (Å²) in [6, 6.07) is 0. The first-order valence-electron chi connectivity index (χ1n) is 10.8. The van der Waals surface area contributed by atoms with Crippen LogP contribution in [0.1, 0.15) is 110 Å². The number of hydrogen-bond acceptors (Lipinski definition) is 1. The summed E-state index contributed by atoms with van der Waals surface area (Å²) in [7, 11) is 6.57. The summed E-state index contributed by atoms with van der Waals surface area (Å²) in [6.07, 6.45) is 20.4. The Morgan fingerprint density at radius 2 is 0.958 bits per heavy atom. The van der Waals surface area contributed by atoms with Gasteiger partial charge in [0, 0.05) is 19.3 Å². The molecular weight excluding hydrogens is 294 g/mol. The van der Waals surface area contributed by atoms with Gasteiger partial charge in [-0.2, -0.15) is 0 Å². The van der Waals surface area contributed by atoms with Crippen LogP contribution >= 0.6 is 0 Å². The summed E-state index contributed by atoms with van der Waals surface area (Å²) in [6.45, 7) is 3.38. The lowest BCUT2D eigenvalue weighted by atomic mass is 10.0. The first-order valence-corrected chi connectivity index (χ1v) is 10.8. The molecule has 0 rings (SSSR count). The third kappa shape index (κ3) is 19.7. The second-order valence-electron chi connectivity index (χ2n) is 8.65. The van der Waals surface area contributed by atoms with Gasteiger partial charge in [-0.1, -0.05) is 84.0 Å². The lowest BCUT2D eigenvalue weighted by Crippen LogP contribution is -2.35. The van der Waals surface area contributed by atoms with E-state index in [-0.39, 0.29) is 0 Å². The third-order valence-corrected chi connectivity index (χ3v) is 4.84. The molecule has 0 aliphatic carbocycles. The van der Waals surface area contributed by atoms with Crippen LogP contribution in [0.2, 0.25) is 0 Å². The van der Waals surface area contributed by atoms with Crippen molar-refractivity contribution in [2.75, 3.05) is 27.7 Å². The number of ketones is 1. The fourth-order valence-electron chi connectivity index (χ4n) is 3.22. The average molecular weight is 341 g/mol. The van der Waals surface area contributed by atoms with Gasteiger partial charge in [-0.05, 0) is 6.42 Å². The molecule has 0 aromatic heterocycles. The number of hydrogen-bond donors (Lipinski definition) is 0. The average Bonchev–Trinajstić information content (AvgIpc) is 2.50. The lowest BCUT2D eigenvalue weighted by Gasteiger charge is -2.23. The second kappa shape index (κ2) is 16.1. The van der Waals surface area contributed by atoms with E-state index in [4.69, 9.17) is 0 Å². The zero-order chi connectivity index (χ0) is 18.1. The van der Waals surface area contributed by atoms with E-state index in [0.29, 0.717) is 5.78 Å². The van der Waals surface area contributed by atoms with Crippen LogP contribution in [0.4, 0.5) is 0 Å². The molecule has 0 spiro atoms. The van der Waals surface area contributed by atoms with Crippen molar-refractivity contribution in [3.05, 3.63) is 0 Å². The minimum Gasteiger partial charge on any atom is -0.331 e. The molecule has 0 aromatic rings. The fraction of sp³-hybridized carbons (Fsp3) is 0.955. The number of carbonyl (C=O) groups is 1. The standard InChI is InChI=1S/C22H46NO/c1-5-6-7-8-9-10-11-12-13-14-15-16-17-19-22(24)20-18-21-23(2,3)4/h5-21H2,1-4H3/q+1. The van der Waals surface area contributed by atoms with Crippen molar-refractivity contribution in [1.29, 1.82) is 0 Å². The van der Waals surface area contributed by atoms with Crippen molar-refractivity contribution < 1.29 is 9.28 Å². The molecule has 0 aliphatic heterocycles. The van der Waals surface area contributed by atoms with Gasteiger partial charge in [0.1, 0.15) is 5.78 Å². The molecule has 144 valence electrons. The van der Waals surface area contributed by atoms with Crippen molar-refractivity contribution in [3.8, 4) is 0 Å². The molecule has 0 radical (unpaired) electrons. The third-order valence-electron chi connectivity index (χ3n) is 4.84. The Labute approximate surface area is 153 Å². The monoisotopic (exact) mass is 340 g/mol. The van der Waals surface area contributed by atoms with Crippen molar-refractivity contribution in [1.82, 2.24) is 0 Å². The van der Waals surface area contributed by atoms with Crippen molar-refractivity contribution in [3.63, 3.8) is 0 Å². The van der Waals surface area contributed by atoms with Crippen LogP contribution in [-0.4, -0.2) is 38.0 Å². The Hall–Kier alpha value is -0.370. The summed E-state index contributed by atoms with van der Waals surface area (Å²) < 4.78 is 0.964. The number of quaternary nitrogens is 1. The molecule has 0 aromatic carbocycles. The summed E-state index contributed by atoms with van der Waals surface area (Å²) >= 11 is 0. The smallest absolute Gasteiger partial charge is 0.133 e.